The SMILES string of the molecule is CCCCCCc1ccc(C(=O)Nc2ccc(N3CCCCC3)c(C(=O)N(CC)CC)c2)cc1. The Bertz CT molecular complexity index is 929. The number of aryl methyl sites for hydroxylation is 1. The van der Waals surface area contributed by atoms with Crippen LogP contribution in [0.2, 0.25) is 0 Å². The van der Waals surface area contributed by atoms with Crippen molar-refractivity contribution in [3.05, 3.63) is 59.2 Å². The number of amides is 2. The highest BCUT2D eigenvalue weighted by atomic mass is 16.2. The summed E-state index contributed by atoms with van der Waals surface area (Å²) in [7, 11) is 0. The van der Waals surface area contributed by atoms with E-state index in [0.29, 0.717) is 29.9 Å². The van der Waals surface area contributed by atoms with E-state index >= 15 is 0 Å². The van der Waals surface area contributed by atoms with Gasteiger partial charge in [0.1, 0.15) is 0 Å². The fourth-order valence-corrected chi connectivity index (χ4v) is 4.66. The number of hydrogen-bond acceptors (Lipinski definition) is 3. The Hall–Kier alpha value is -2.82. The lowest BCUT2D eigenvalue weighted by atomic mass is 10.0. The maximum Gasteiger partial charge on any atom is 0.256 e. The lowest BCUT2D eigenvalue weighted by molar-refractivity contribution is 0.0773. The first-order valence-corrected chi connectivity index (χ1v) is 13.2. The summed E-state index contributed by atoms with van der Waals surface area (Å²) in [6, 6.07) is 13.7. The number of rotatable bonds is 11. The lowest BCUT2D eigenvalue weighted by Crippen LogP contribution is -2.35. The van der Waals surface area contributed by atoms with Crippen molar-refractivity contribution in [3.63, 3.8) is 0 Å². The molecule has 5 nitrogen and oxygen atoms in total. The van der Waals surface area contributed by atoms with E-state index in [1.165, 1.54) is 37.7 Å². The second-order valence-electron chi connectivity index (χ2n) is 9.22. The fraction of sp³-hybridized carbons (Fsp3) is 0.517. The number of piperidine rings is 1. The van der Waals surface area contributed by atoms with E-state index in [0.717, 1.165) is 38.0 Å². The van der Waals surface area contributed by atoms with Gasteiger partial charge in [-0.3, -0.25) is 9.59 Å². The zero-order valence-electron chi connectivity index (χ0n) is 21.2. The smallest absolute Gasteiger partial charge is 0.256 e. The van der Waals surface area contributed by atoms with Gasteiger partial charge in [0.15, 0.2) is 0 Å². The third kappa shape index (κ3) is 6.85. The van der Waals surface area contributed by atoms with Gasteiger partial charge in [0, 0.05) is 43.1 Å². The Morgan fingerprint density at radius 1 is 0.882 bits per heavy atom. The number of hydrogen-bond donors (Lipinski definition) is 1. The molecule has 1 aliphatic rings. The fourth-order valence-electron chi connectivity index (χ4n) is 4.66. The molecule has 1 aliphatic heterocycles. The highest BCUT2D eigenvalue weighted by molar-refractivity contribution is 6.06. The van der Waals surface area contributed by atoms with Gasteiger partial charge in [-0.05, 0) is 81.8 Å². The summed E-state index contributed by atoms with van der Waals surface area (Å²) in [5.41, 5.74) is 4.21. The van der Waals surface area contributed by atoms with Crippen LogP contribution >= 0.6 is 0 Å². The van der Waals surface area contributed by atoms with Gasteiger partial charge in [-0.2, -0.15) is 0 Å². The molecule has 3 rings (SSSR count). The van der Waals surface area contributed by atoms with Crippen molar-refractivity contribution in [2.45, 2.75) is 72.1 Å². The number of nitrogens with one attached hydrogen (secondary N) is 1. The van der Waals surface area contributed by atoms with Crippen LogP contribution in [0.1, 0.15) is 92.0 Å². The summed E-state index contributed by atoms with van der Waals surface area (Å²) < 4.78 is 0. The quantitative estimate of drug-likeness (QED) is 0.385. The number of carbonyl (C=O) groups excluding carboxylic acids is 2. The Balaban J connectivity index is 1.75. The number of unbranched alkanes of at least 4 members (excludes halogenated alkanes) is 3. The molecule has 34 heavy (non-hydrogen) atoms. The summed E-state index contributed by atoms with van der Waals surface area (Å²) in [5, 5.41) is 3.01. The standard InChI is InChI=1S/C29H41N3O2/c1-4-7-8-10-13-23-14-16-24(17-15-23)28(33)30-25-18-19-27(32-20-11-9-12-21-32)26(22-25)29(34)31(5-2)6-3/h14-19,22H,4-13,20-21H2,1-3H3,(H,30,33). The highest BCUT2D eigenvalue weighted by Crippen LogP contribution is 2.28. The first kappa shape index (κ1) is 25.8. The molecule has 0 atom stereocenters. The molecule has 0 unspecified atom stereocenters. The third-order valence-corrected chi connectivity index (χ3v) is 6.77. The van der Waals surface area contributed by atoms with Crippen LogP contribution in [0.3, 0.4) is 0 Å². The molecule has 1 heterocycles. The summed E-state index contributed by atoms with van der Waals surface area (Å²) in [6.45, 7) is 9.48. The Morgan fingerprint density at radius 3 is 2.24 bits per heavy atom. The summed E-state index contributed by atoms with van der Waals surface area (Å²) in [4.78, 5) is 30.4. The van der Waals surface area contributed by atoms with E-state index in [9.17, 15) is 9.59 Å². The monoisotopic (exact) mass is 463 g/mol. The number of benzene rings is 2. The molecule has 184 valence electrons. The zero-order valence-corrected chi connectivity index (χ0v) is 21.2. The first-order valence-electron chi connectivity index (χ1n) is 13.2. The molecule has 0 aromatic heterocycles. The summed E-state index contributed by atoms with van der Waals surface area (Å²) in [5.74, 6) is -0.126. The van der Waals surface area contributed by atoms with Crippen molar-refractivity contribution < 1.29 is 9.59 Å². The summed E-state index contributed by atoms with van der Waals surface area (Å²) in [6.07, 6.45) is 9.53. The average Bonchev–Trinajstić information content (AvgIpc) is 2.88. The van der Waals surface area contributed by atoms with Crippen molar-refractivity contribution >= 4 is 23.2 Å². The van der Waals surface area contributed by atoms with Gasteiger partial charge in [0.2, 0.25) is 0 Å². The third-order valence-electron chi connectivity index (χ3n) is 6.77. The van der Waals surface area contributed by atoms with Gasteiger partial charge in [-0.1, -0.05) is 38.3 Å². The minimum atomic E-state index is -0.149. The summed E-state index contributed by atoms with van der Waals surface area (Å²) >= 11 is 0. The van der Waals surface area contributed by atoms with E-state index in [-0.39, 0.29) is 11.8 Å². The van der Waals surface area contributed by atoms with Crippen molar-refractivity contribution in [3.8, 4) is 0 Å². The zero-order chi connectivity index (χ0) is 24.3. The largest absolute Gasteiger partial charge is 0.371 e. The maximum atomic E-state index is 13.3. The van der Waals surface area contributed by atoms with Crippen molar-refractivity contribution in [1.82, 2.24) is 4.90 Å². The lowest BCUT2D eigenvalue weighted by Gasteiger charge is -2.31. The van der Waals surface area contributed by atoms with E-state index in [1.807, 2.05) is 49.1 Å². The van der Waals surface area contributed by atoms with Gasteiger partial charge >= 0.3 is 0 Å². The second-order valence-corrected chi connectivity index (χ2v) is 9.22. The van der Waals surface area contributed by atoms with Crippen LogP contribution in [0.5, 0.6) is 0 Å². The Labute approximate surface area is 205 Å². The first-order chi connectivity index (χ1) is 16.6. The molecule has 2 amide bonds. The molecule has 1 saturated heterocycles. The normalized spacial score (nSPS) is 13.6. The van der Waals surface area contributed by atoms with Crippen molar-refractivity contribution in [2.75, 3.05) is 36.4 Å². The van der Waals surface area contributed by atoms with Gasteiger partial charge in [-0.15, -0.1) is 0 Å². The van der Waals surface area contributed by atoms with Crippen LogP contribution in [0.25, 0.3) is 0 Å². The number of nitrogens with zero attached hydrogens (tertiary/aromatic N) is 2. The predicted molar refractivity (Wildman–Crippen MR) is 142 cm³/mol. The van der Waals surface area contributed by atoms with Crippen LogP contribution in [0.4, 0.5) is 11.4 Å². The molecule has 0 saturated carbocycles. The molecule has 5 heteroatoms. The predicted octanol–water partition coefficient (Wildman–Crippen LogP) is 6.53. The van der Waals surface area contributed by atoms with Crippen LogP contribution < -0.4 is 10.2 Å². The van der Waals surface area contributed by atoms with E-state index < -0.39 is 0 Å². The van der Waals surface area contributed by atoms with E-state index in [4.69, 9.17) is 0 Å². The van der Waals surface area contributed by atoms with Gasteiger partial charge in [0.25, 0.3) is 11.8 Å². The molecular formula is C29H41N3O2. The molecular weight excluding hydrogens is 422 g/mol. The Kier molecular flexibility index (Phi) is 9.99. The highest BCUT2D eigenvalue weighted by Gasteiger charge is 2.22. The van der Waals surface area contributed by atoms with Gasteiger partial charge < -0.3 is 15.1 Å². The van der Waals surface area contributed by atoms with Gasteiger partial charge in [-0.25, -0.2) is 0 Å². The molecule has 1 fully saturated rings. The number of anilines is 2. The minimum absolute atomic E-state index is 0.0223. The van der Waals surface area contributed by atoms with Crippen LogP contribution in [0.15, 0.2) is 42.5 Å². The molecule has 0 bridgehead atoms. The topological polar surface area (TPSA) is 52.7 Å². The van der Waals surface area contributed by atoms with Gasteiger partial charge in [0.05, 0.1) is 5.56 Å². The molecule has 2 aromatic rings. The Morgan fingerprint density at radius 2 is 1.59 bits per heavy atom. The van der Waals surface area contributed by atoms with E-state index in [2.05, 4.69) is 29.3 Å². The van der Waals surface area contributed by atoms with Crippen molar-refractivity contribution in [2.24, 2.45) is 0 Å². The van der Waals surface area contributed by atoms with Crippen molar-refractivity contribution in [1.29, 1.82) is 0 Å². The van der Waals surface area contributed by atoms with Crippen LogP contribution in [-0.4, -0.2) is 42.9 Å². The second kappa shape index (κ2) is 13.2. The maximum absolute atomic E-state index is 13.3. The van der Waals surface area contributed by atoms with Crippen LogP contribution in [0, 0.1) is 0 Å². The molecule has 0 aliphatic carbocycles. The molecule has 0 spiro atoms. The van der Waals surface area contributed by atoms with E-state index in [1.54, 1.807) is 0 Å². The minimum Gasteiger partial charge on any atom is -0.371 e. The number of carbonyl (C=O) groups is 2. The molecule has 1 N–H and O–H groups in total. The van der Waals surface area contributed by atoms with Crippen LogP contribution in [-0.2, 0) is 6.42 Å². The molecule has 0 radical (unpaired) electrons. The molecule has 2 aromatic carbocycles. The average molecular weight is 464 g/mol.